The highest BCUT2D eigenvalue weighted by Crippen LogP contribution is 2.37. The van der Waals surface area contributed by atoms with Crippen molar-refractivity contribution in [2.45, 2.75) is 31.3 Å². The van der Waals surface area contributed by atoms with Crippen molar-refractivity contribution < 1.29 is 0 Å². The average molecular weight is 341 g/mol. The second-order valence-corrected chi connectivity index (χ2v) is 6.91. The molecule has 20 heavy (non-hydrogen) atoms. The van der Waals surface area contributed by atoms with Gasteiger partial charge in [-0.3, -0.25) is 0 Å². The Kier molecular flexibility index (Phi) is 5.04. The lowest BCUT2D eigenvalue weighted by atomic mass is 9.75. The maximum atomic E-state index is 4.62. The van der Waals surface area contributed by atoms with E-state index in [9.17, 15) is 0 Å². The Balaban J connectivity index is 2.18. The first-order valence-corrected chi connectivity index (χ1v) is 7.95. The lowest BCUT2D eigenvalue weighted by Gasteiger charge is -2.49. The summed E-state index contributed by atoms with van der Waals surface area (Å²) in [6.07, 6.45) is 5.78. The molecule has 112 valence electrons. The van der Waals surface area contributed by atoms with Crippen LogP contribution in [0, 0.1) is 0 Å². The summed E-state index contributed by atoms with van der Waals surface area (Å²) in [7, 11) is 8.50. The predicted octanol–water partition coefficient (Wildman–Crippen LogP) is 2.48. The number of likely N-dealkylation sites (N-methyl/N-ethyl adjacent to an activating group) is 2. The second-order valence-electron chi connectivity index (χ2n) is 5.99. The van der Waals surface area contributed by atoms with E-state index in [0.717, 1.165) is 23.4 Å². The van der Waals surface area contributed by atoms with Crippen LogP contribution in [0.4, 0.5) is 5.82 Å². The summed E-state index contributed by atoms with van der Waals surface area (Å²) in [6.45, 7) is 1.87. The molecule has 1 saturated carbocycles. The molecular formula is C15H25BrN4. The fourth-order valence-electron chi connectivity index (χ4n) is 2.99. The van der Waals surface area contributed by atoms with Crippen LogP contribution in [-0.2, 0) is 6.54 Å². The van der Waals surface area contributed by atoms with E-state index in [2.05, 4.69) is 63.2 Å². The molecule has 0 spiro atoms. The second kappa shape index (κ2) is 6.41. The first-order valence-electron chi connectivity index (χ1n) is 7.16. The molecule has 1 aliphatic carbocycles. The van der Waals surface area contributed by atoms with Gasteiger partial charge >= 0.3 is 0 Å². The molecule has 1 heterocycles. The third-order valence-corrected chi connectivity index (χ3v) is 4.84. The van der Waals surface area contributed by atoms with Crippen molar-refractivity contribution in [3.05, 3.63) is 22.3 Å². The maximum absolute atomic E-state index is 4.62. The van der Waals surface area contributed by atoms with Gasteiger partial charge < -0.3 is 15.1 Å². The Hall–Kier alpha value is -0.650. The smallest absolute Gasteiger partial charge is 0.132 e. The van der Waals surface area contributed by atoms with Crippen molar-refractivity contribution in [2.75, 3.05) is 39.6 Å². The van der Waals surface area contributed by atoms with Crippen molar-refractivity contribution in [2.24, 2.45) is 0 Å². The van der Waals surface area contributed by atoms with Gasteiger partial charge in [-0.2, -0.15) is 0 Å². The van der Waals surface area contributed by atoms with Crippen LogP contribution >= 0.6 is 15.9 Å². The van der Waals surface area contributed by atoms with Crippen LogP contribution in [0.3, 0.4) is 0 Å². The van der Waals surface area contributed by atoms with Crippen LogP contribution in [0.5, 0.6) is 0 Å². The zero-order valence-corrected chi connectivity index (χ0v) is 14.5. The number of hydrogen-bond acceptors (Lipinski definition) is 4. The van der Waals surface area contributed by atoms with E-state index >= 15 is 0 Å². The van der Waals surface area contributed by atoms with Gasteiger partial charge in [0.05, 0.1) is 0 Å². The number of halogens is 1. The van der Waals surface area contributed by atoms with Gasteiger partial charge in [0, 0.05) is 41.9 Å². The number of anilines is 1. The Labute approximate surface area is 130 Å². The van der Waals surface area contributed by atoms with Crippen LogP contribution in [0.15, 0.2) is 16.7 Å². The molecule has 0 unspecified atom stereocenters. The zero-order valence-electron chi connectivity index (χ0n) is 12.9. The minimum atomic E-state index is 0.320. The largest absolute Gasteiger partial charge is 0.358 e. The molecule has 1 fully saturated rings. The van der Waals surface area contributed by atoms with Crippen LogP contribution in [0.2, 0.25) is 0 Å². The molecule has 1 aromatic heterocycles. The van der Waals surface area contributed by atoms with E-state index < -0.39 is 0 Å². The highest BCUT2D eigenvalue weighted by molar-refractivity contribution is 9.10. The Morgan fingerprint density at radius 2 is 2.05 bits per heavy atom. The van der Waals surface area contributed by atoms with Crippen LogP contribution < -0.4 is 10.2 Å². The van der Waals surface area contributed by atoms with Crippen molar-refractivity contribution in [1.29, 1.82) is 0 Å². The average Bonchev–Trinajstić information content (AvgIpc) is 2.33. The number of hydrogen-bond donors (Lipinski definition) is 1. The summed E-state index contributed by atoms with van der Waals surface area (Å²) in [6, 6.07) is 2.15. The molecule has 1 N–H and O–H groups in total. The summed E-state index contributed by atoms with van der Waals surface area (Å²) in [5.74, 6) is 1.08. The molecule has 4 nitrogen and oxygen atoms in total. The molecule has 0 amide bonds. The van der Waals surface area contributed by atoms with Gasteiger partial charge in [-0.25, -0.2) is 4.98 Å². The summed E-state index contributed by atoms with van der Waals surface area (Å²) in [5.41, 5.74) is 1.55. The van der Waals surface area contributed by atoms with E-state index in [4.69, 9.17) is 0 Å². The predicted molar refractivity (Wildman–Crippen MR) is 88.2 cm³/mol. The Morgan fingerprint density at radius 1 is 1.35 bits per heavy atom. The first kappa shape index (κ1) is 15.7. The van der Waals surface area contributed by atoms with Gasteiger partial charge in [0.1, 0.15) is 5.82 Å². The third-order valence-electron chi connectivity index (χ3n) is 4.40. The zero-order chi connectivity index (χ0) is 14.8. The van der Waals surface area contributed by atoms with Crippen molar-refractivity contribution >= 4 is 21.7 Å². The molecule has 1 aliphatic rings. The number of nitrogens with one attached hydrogen (secondary N) is 1. The summed E-state index contributed by atoms with van der Waals surface area (Å²) >= 11 is 3.51. The number of pyridine rings is 1. The van der Waals surface area contributed by atoms with E-state index in [0.29, 0.717) is 5.54 Å². The SMILES string of the molecule is CNCc1cc(Br)cnc1N(C)CC1(N(C)C)CCC1. The molecule has 2 rings (SSSR count). The van der Waals surface area contributed by atoms with Gasteiger partial charge in [-0.05, 0) is 62.4 Å². The number of aromatic nitrogens is 1. The normalized spacial score (nSPS) is 17.1. The highest BCUT2D eigenvalue weighted by Gasteiger charge is 2.40. The fourth-order valence-corrected chi connectivity index (χ4v) is 3.36. The van der Waals surface area contributed by atoms with E-state index in [1.807, 2.05) is 13.2 Å². The van der Waals surface area contributed by atoms with Crippen LogP contribution in [0.25, 0.3) is 0 Å². The minimum absolute atomic E-state index is 0.320. The summed E-state index contributed by atoms with van der Waals surface area (Å²) in [4.78, 5) is 9.30. The lowest BCUT2D eigenvalue weighted by Crippen LogP contribution is -2.57. The maximum Gasteiger partial charge on any atom is 0.132 e. The highest BCUT2D eigenvalue weighted by atomic mass is 79.9. The van der Waals surface area contributed by atoms with Crippen molar-refractivity contribution in [3.8, 4) is 0 Å². The molecule has 0 radical (unpaired) electrons. The van der Waals surface area contributed by atoms with Crippen molar-refractivity contribution in [3.63, 3.8) is 0 Å². The minimum Gasteiger partial charge on any atom is -0.358 e. The van der Waals surface area contributed by atoms with Gasteiger partial charge in [-0.1, -0.05) is 0 Å². The lowest BCUT2D eigenvalue weighted by molar-refractivity contribution is 0.0681. The monoisotopic (exact) mass is 340 g/mol. The third kappa shape index (κ3) is 3.15. The van der Waals surface area contributed by atoms with Crippen LogP contribution in [0.1, 0.15) is 24.8 Å². The standard InChI is InChI=1S/C15H25BrN4/c1-17-9-12-8-13(16)10-18-14(12)20(4)11-15(19(2)3)6-5-7-15/h8,10,17H,5-7,9,11H2,1-4H3. The molecule has 0 aliphatic heterocycles. The molecule has 0 aromatic carbocycles. The molecule has 0 atom stereocenters. The van der Waals surface area contributed by atoms with Gasteiger partial charge in [0.15, 0.2) is 0 Å². The molecule has 1 aromatic rings. The Bertz CT molecular complexity index is 457. The first-order chi connectivity index (χ1) is 9.48. The molecular weight excluding hydrogens is 316 g/mol. The molecule has 0 bridgehead atoms. The van der Waals surface area contributed by atoms with Gasteiger partial charge in [0.25, 0.3) is 0 Å². The van der Waals surface area contributed by atoms with Gasteiger partial charge in [-0.15, -0.1) is 0 Å². The van der Waals surface area contributed by atoms with E-state index in [-0.39, 0.29) is 0 Å². The van der Waals surface area contributed by atoms with Crippen molar-refractivity contribution in [1.82, 2.24) is 15.2 Å². The topological polar surface area (TPSA) is 31.4 Å². The van der Waals surface area contributed by atoms with E-state index in [1.165, 1.54) is 24.8 Å². The van der Waals surface area contributed by atoms with E-state index in [1.54, 1.807) is 0 Å². The Morgan fingerprint density at radius 3 is 2.55 bits per heavy atom. The summed E-state index contributed by atoms with van der Waals surface area (Å²) < 4.78 is 1.03. The van der Waals surface area contributed by atoms with Gasteiger partial charge in [0.2, 0.25) is 0 Å². The fraction of sp³-hybridized carbons (Fsp3) is 0.667. The molecule has 0 saturated heterocycles. The summed E-state index contributed by atoms with van der Waals surface area (Å²) in [5, 5.41) is 3.22. The van der Waals surface area contributed by atoms with Crippen LogP contribution in [-0.4, -0.2) is 50.2 Å². The number of nitrogens with zero attached hydrogens (tertiary/aromatic N) is 3. The quantitative estimate of drug-likeness (QED) is 0.861. The molecule has 5 heteroatoms. The number of rotatable bonds is 6.